The van der Waals surface area contributed by atoms with Gasteiger partial charge in [-0.05, 0) is 16.7 Å². The van der Waals surface area contributed by atoms with Crippen molar-refractivity contribution in [3.63, 3.8) is 0 Å². The Kier molecular flexibility index (Phi) is 4.35. The minimum atomic E-state index is -2.60. The normalized spacial score (nSPS) is 15.7. The summed E-state index contributed by atoms with van der Waals surface area (Å²) in [4.78, 5) is 0. The first-order valence-corrected chi connectivity index (χ1v) is 5.39. The molecule has 3 nitrogen and oxygen atoms in total. The van der Waals surface area contributed by atoms with Gasteiger partial charge in [-0.25, -0.2) is 0 Å². The highest BCUT2D eigenvalue weighted by Crippen LogP contribution is 2.33. The fraction of sp³-hybridized carbons (Fsp3) is 1.00. The Bertz CT molecular complexity index is 80.9. The molecular weight excluding hydrogens is 180 g/mol. The van der Waals surface area contributed by atoms with E-state index in [1.165, 1.54) is 6.92 Å². The first kappa shape index (κ1) is 9.93. The molecule has 0 aromatic rings. The Balaban J connectivity index is 3.59. The fourth-order valence-electron chi connectivity index (χ4n) is 0.129. The summed E-state index contributed by atoms with van der Waals surface area (Å²) in [7, 11) is 2.14. The summed E-state index contributed by atoms with van der Waals surface area (Å²) in [6, 6.07) is 0. The van der Waals surface area contributed by atoms with Gasteiger partial charge in [-0.3, -0.25) is 0 Å². The van der Waals surface area contributed by atoms with Crippen molar-refractivity contribution in [1.29, 1.82) is 0 Å². The van der Waals surface area contributed by atoms with Crippen molar-refractivity contribution < 1.29 is 15.3 Å². The third-order valence-electron chi connectivity index (χ3n) is 0.733. The molecule has 0 aliphatic carbocycles. The number of hydrogen-bond acceptors (Lipinski definition) is 6. The molecule has 0 rings (SSSR count). The molecule has 0 aromatic heterocycles. The largest absolute Gasteiger partial charge is 0.343 e. The van der Waals surface area contributed by atoms with Gasteiger partial charge in [-0.2, -0.15) is 0 Å². The molecule has 3 N–H and O–H groups in total. The van der Waals surface area contributed by atoms with Crippen LogP contribution in [0.3, 0.4) is 0 Å². The molecule has 0 heterocycles. The van der Waals surface area contributed by atoms with E-state index >= 15 is 0 Å². The Morgan fingerprint density at radius 2 is 1.89 bits per heavy atom. The average molecular weight is 188 g/mol. The average Bonchev–Trinajstić information content (AvgIpc) is 1.64. The van der Waals surface area contributed by atoms with Crippen molar-refractivity contribution in [2.24, 2.45) is 0 Å². The minimum absolute atomic E-state index is 0.667. The summed E-state index contributed by atoms with van der Waals surface area (Å²) in [6.07, 6.45) is 0. The lowest BCUT2D eigenvalue weighted by atomic mass is 10.4. The lowest BCUT2D eigenvalue weighted by Crippen LogP contribution is -2.37. The van der Waals surface area contributed by atoms with Crippen molar-refractivity contribution in [2.75, 3.05) is 0 Å². The first-order chi connectivity index (χ1) is 3.98. The van der Waals surface area contributed by atoms with E-state index in [-0.39, 0.29) is 0 Å². The van der Waals surface area contributed by atoms with Crippen LogP contribution in [-0.2, 0) is 0 Å². The summed E-state index contributed by atoms with van der Waals surface area (Å²) in [5.74, 6) is -2.60. The van der Waals surface area contributed by atoms with Gasteiger partial charge < -0.3 is 15.3 Å². The molecule has 0 aliphatic heterocycles. The zero-order valence-corrected chi connectivity index (χ0v) is 7.21. The van der Waals surface area contributed by atoms with E-state index in [1.807, 2.05) is 0 Å². The number of thiol groups is 1. The number of rotatable bonds is 3. The highest BCUT2D eigenvalue weighted by atomic mass is 33.5. The molecule has 0 saturated carbocycles. The van der Waals surface area contributed by atoms with E-state index in [0.717, 1.165) is 20.6 Å². The van der Waals surface area contributed by atoms with Crippen LogP contribution in [0.2, 0.25) is 0 Å². The second-order valence-corrected chi connectivity index (χ2v) is 4.92. The molecule has 0 aliphatic rings. The third kappa shape index (κ3) is 4.35. The van der Waals surface area contributed by atoms with Crippen molar-refractivity contribution in [2.45, 2.75) is 18.1 Å². The van der Waals surface area contributed by atoms with Crippen LogP contribution >= 0.6 is 32.3 Å². The standard InChI is InChI=1S/C3H8O3S3/c1-2(8-9-7)3(4,5)6/h2,4-7H,1H3. The van der Waals surface area contributed by atoms with E-state index < -0.39 is 11.2 Å². The Morgan fingerprint density at radius 1 is 1.44 bits per heavy atom. The van der Waals surface area contributed by atoms with Crippen LogP contribution in [0.4, 0.5) is 0 Å². The van der Waals surface area contributed by atoms with Crippen molar-refractivity contribution in [1.82, 2.24) is 0 Å². The zero-order chi connectivity index (χ0) is 7.49. The van der Waals surface area contributed by atoms with Gasteiger partial charge >= 0.3 is 0 Å². The quantitative estimate of drug-likeness (QED) is 0.290. The molecular formula is C3H8O3S3. The van der Waals surface area contributed by atoms with E-state index in [1.54, 1.807) is 0 Å². The molecule has 9 heavy (non-hydrogen) atoms. The molecule has 6 heteroatoms. The predicted octanol–water partition coefficient (Wildman–Crippen LogP) is 0.232. The molecule has 0 saturated heterocycles. The summed E-state index contributed by atoms with van der Waals surface area (Å²) in [5.41, 5.74) is 0. The second-order valence-electron chi connectivity index (χ2n) is 1.50. The van der Waals surface area contributed by atoms with Gasteiger partial charge in [0.05, 0.1) is 5.25 Å². The van der Waals surface area contributed by atoms with Crippen LogP contribution in [-0.4, -0.2) is 26.5 Å². The van der Waals surface area contributed by atoms with Crippen molar-refractivity contribution >= 4 is 32.3 Å². The monoisotopic (exact) mass is 188 g/mol. The molecule has 0 aromatic carbocycles. The van der Waals surface area contributed by atoms with Crippen LogP contribution in [0, 0.1) is 0 Å². The van der Waals surface area contributed by atoms with Crippen LogP contribution in [0.5, 0.6) is 0 Å². The van der Waals surface area contributed by atoms with E-state index in [0.29, 0.717) is 0 Å². The maximum Gasteiger partial charge on any atom is 0.288 e. The highest BCUT2D eigenvalue weighted by Gasteiger charge is 2.28. The predicted molar refractivity (Wildman–Crippen MR) is 43.0 cm³/mol. The van der Waals surface area contributed by atoms with Gasteiger partial charge in [-0.1, -0.05) is 22.5 Å². The number of aliphatic hydroxyl groups is 3. The second kappa shape index (κ2) is 3.95. The summed E-state index contributed by atoms with van der Waals surface area (Å²) < 4.78 is 0. The maximum absolute atomic E-state index is 8.46. The van der Waals surface area contributed by atoms with Gasteiger partial charge in [0.2, 0.25) is 0 Å². The van der Waals surface area contributed by atoms with Crippen LogP contribution in [0.1, 0.15) is 6.92 Å². The van der Waals surface area contributed by atoms with Gasteiger partial charge in [0.15, 0.2) is 0 Å². The molecule has 0 amide bonds. The van der Waals surface area contributed by atoms with Gasteiger partial charge in [0.1, 0.15) is 0 Å². The summed E-state index contributed by atoms with van der Waals surface area (Å²) in [5, 5.41) is 24.7. The summed E-state index contributed by atoms with van der Waals surface area (Å²) >= 11 is 3.74. The Hall–Kier alpha value is 0.930. The SMILES string of the molecule is CC(SSS)C(O)(O)O. The molecule has 0 fully saturated rings. The minimum Gasteiger partial charge on any atom is -0.343 e. The fourth-order valence-corrected chi connectivity index (χ4v) is 2.32. The van der Waals surface area contributed by atoms with Crippen LogP contribution < -0.4 is 0 Å². The highest BCUT2D eigenvalue weighted by molar-refractivity contribution is 9.05. The molecule has 0 bridgehead atoms. The van der Waals surface area contributed by atoms with E-state index in [4.69, 9.17) is 15.3 Å². The lowest BCUT2D eigenvalue weighted by Gasteiger charge is -2.19. The van der Waals surface area contributed by atoms with Crippen LogP contribution in [0.25, 0.3) is 0 Å². The number of hydrogen-bond donors (Lipinski definition) is 4. The first-order valence-electron chi connectivity index (χ1n) is 2.12. The Morgan fingerprint density at radius 3 is 2.00 bits per heavy atom. The molecule has 1 atom stereocenters. The molecule has 1 unspecified atom stereocenters. The van der Waals surface area contributed by atoms with Gasteiger partial charge in [-0.15, -0.1) is 0 Å². The maximum atomic E-state index is 8.46. The Labute approximate surface area is 66.1 Å². The van der Waals surface area contributed by atoms with Gasteiger partial charge in [0, 0.05) is 0 Å². The summed E-state index contributed by atoms with van der Waals surface area (Å²) in [6.45, 7) is 1.48. The smallest absolute Gasteiger partial charge is 0.288 e. The zero-order valence-electron chi connectivity index (χ0n) is 4.68. The van der Waals surface area contributed by atoms with Crippen molar-refractivity contribution in [3.8, 4) is 0 Å². The topological polar surface area (TPSA) is 60.7 Å². The van der Waals surface area contributed by atoms with Crippen molar-refractivity contribution in [3.05, 3.63) is 0 Å². The molecule has 0 radical (unpaired) electrons. The molecule has 0 spiro atoms. The van der Waals surface area contributed by atoms with E-state index in [9.17, 15) is 0 Å². The van der Waals surface area contributed by atoms with Crippen LogP contribution in [0.15, 0.2) is 0 Å². The lowest BCUT2D eigenvalue weighted by molar-refractivity contribution is -0.307. The van der Waals surface area contributed by atoms with Gasteiger partial charge in [0.25, 0.3) is 5.97 Å². The third-order valence-corrected chi connectivity index (χ3v) is 3.32. The van der Waals surface area contributed by atoms with E-state index in [2.05, 4.69) is 11.7 Å². The molecule has 56 valence electrons.